The lowest BCUT2D eigenvalue weighted by Gasteiger charge is -2.39. The highest BCUT2D eigenvalue weighted by atomic mass is 16.5. The fourth-order valence-electron chi connectivity index (χ4n) is 8.66. The molecule has 1 atom stereocenters. The first-order valence-electron chi connectivity index (χ1n) is 18.0. The molecule has 1 aliphatic carbocycles. The van der Waals surface area contributed by atoms with E-state index in [9.17, 15) is 0 Å². The molecular weight excluding hydrogens is 623 g/mol. The Morgan fingerprint density at radius 3 is 2.00 bits per heavy atom. The summed E-state index contributed by atoms with van der Waals surface area (Å²) in [6, 6.07) is 51.4. The summed E-state index contributed by atoms with van der Waals surface area (Å²) in [7, 11) is 1.70. The number of pyridine rings is 1. The topological polar surface area (TPSA) is 31.4 Å². The minimum absolute atomic E-state index is 0.125. The summed E-state index contributed by atoms with van der Waals surface area (Å²) in [4.78, 5) is 5.46. The van der Waals surface area contributed by atoms with E-state index in [2.05, 4.69) is 153 Å². The predicted molar refractivity (Wildman–Crippen MR) is 209 cm³/mol. The lowest BCUT2D eigenvalue weighted by Crippen LogP contribution is -2.36. The molecule has 0 saturated heterocycles. The number of fused-ring (bicyclic) bond motifs is 8. The summed E-state index contributed by atoms with van der Waals surface area (Å²) in [6.45, 7) is 4.66. The summed E-state index contributed by atoms with van der Waals surface area (Å²) in [5.74, 6) is 1.69. The largest absolute Gasteiger partial charge is 0.497 e. The molecule has 6 aromatic carbocycles. The van der Waals surface area contributed by atoms with Crippen molar-refractivity contribution in [3.8, 4) is 45.0 Å². The van der Waals surface area contributed by atoms with Gasteiger partial charge in [-0.25, -0.2) is 4.98 Å². The van der Waals surface area contributed by atoms with E-state index in [4.69, 9.17) is 14.5 Å². The minimum atomic E-state index is -1.03. The number of hydrogen-bond donors (Lipinski definition) is 0. The quantitative estimate of drug-likeness (QED) is 0.170. The smallest absolute Gasteiger partial charge is 0.194 e. The van der Waals surface area contributed by atoms with Crippen LogP contribution in [0.1, 0.15) is 54.6 Å². The molecule has 3 heteroatoms. The molecule has 0 saturated carbocycles. The monoisotopic (exact) mass is 661 g/mol. The Balaban J connectivity index is 1.36. The molecule has 2 aliphatic rings. The Morgan fingerprint density at radius 1 is 0.647 bits per heavy atom. The van der Waals surface area contributed by atoms with E-state index < -0.39 is 5.60 Å². The fourth-order valence-corrected chi connectivity index (χ4v) is 8.66. The molecule has 0 fully saturated rings. The molecule has 3 nitrogen and oxygen atoms in total. The molecule has 1 aromatic heterocycles. The van der Waals surface area contributed by atoms with Gasteiger partial charge in [0.15, 0.2) is 5.60 Å². The molecule has 2 heterocycles. The average molecular weight is 662 g/mol. The van der Waals surface area contributed by atoms with Crippen molar-refractivity contribution >= 4 is 16.8 Å². The number of benzene rings is 6. The van der Waals surface area contributed by atoms with Crippen molar-refractivity contribution in [2.24, 2.45) is 0 Å². The van der Waals surface area contributed by atoms with E-state index in [1.807, 2.05) is 18.2 Å². The van der Waals surface area contributed by atoms with Crippen LogP contribution in [-0.2, 0) is 11.0 Å². The van der Waals surface area contributed by atoms with Gasteiger partial charge in [0.05, 0.1) is 18.5 Å². The highest BCUT2D eigenvalue weighted by Crippen LogP contribution is 2.60. The van der Waals surface area contributed by atoms with Crippen LogP contribution in [0, 0.1) is 0 Å². The Labute approximate surface area is 299 Å². The first-order chi connectivity index (χ1) is 25.1. The molecule has 0 spiro atoms. The van der Waals surface area contributed by atoms with Crippen LogP contribution >= 0.6 is 0 Å². The maximum atomic E-state index is 7.68. The van der Waals surface area contributed by atoms with E-state index in [1.165, 1.54) is 27.6 Å². The van der Waals surface area contributed by atoms with E-state index in [0.717, 1.165) is 68.9 Å². The van der Waals surface area contributed by atoms with E-state index in [-0.39, 0.29) is 5.41 Å². The van der Waals surface area contributed by atoms with Crippen molar-refractivity contribution in [1.82, 2.24) is 4.98 Å². The van der Waals surface area contributed by atoms with Crippen LogP contribution in [0.3, 0.4) is 0 Å². The summed E-state index contributed by atoms with van der Waals surface area (Å²) in [5.41, 5.74) is 11.4. The molecule has 1 aliphatic heterocycles. The van der Waals surface area contributed by atoms with Crippen molar-refractivity contribution < 1.29 is 9.47 Å². The van der Waals surface area contributed by atoms with Crippen molar-refractivity contribution in [2.45, 2.75) is 37.7 Å². The maximum Gasteiger partial charge on any atom is 0.194 e. The van der Waals surface area contributed by atoms with Crippen molar-refractivity contribution in [1.29, 1.82) is 0 Å². The van der Waals surface area contributed by atoms with Crippen LogP contribution < -0.4 is 9.47 Å². The predicted octanol–water partition coefficient (Wildman–Crippen LogP) is 12.0. The first-order valence-corrected chi connectivity index (χ1v) is 18.0. The molecule has 0 radical (unpaired) electrons. The molecule has 7 aromatic rings. The third-order valence-electron chi connectivity index (χ3n) is 11.3. The molecule has 0 N–H and O–H groups in total. The second-order valence-electron chi connectivity index (χ2n) is 13.6. The summed E-state index contributed by atoms with van der Waals surface area (Å²) < 4.78 is 13.3. The van der Waals surface area contributed by atoms with Crippen LogP contribution in [0.2, 0.25) is 0 Å². The zero-order valence-corrected chi connectivity index (χ0v) is 29.2. The number of aromatic nitrogens is 1. The van der Waals surface area contributed by atoms with E-state index in [0.29, 0.717) is 0 Å². The lowest BCUT2D eigenvalue weighted by atomic mass is 9.71. The molecular formula is C48H39NO2. The van der Waals surface area contributed by atoms with Gasteiger partial charge in [0.1, 0.15) is 11.5 Å². The average Bonchev–Trinajstić information content (AvgIpc) is 3.52. The standard InChI is InChI=1S/C48H39NO2/c1-4-47(5-2)41-23-15-14-22-39(41)44-37-20-12-13-21-38(37)46-40(45(44)47)28-29-48(51-46,35-24-26-36(50-3)27-25-35)43-31-34(32-16-8-6-9-17-32)30-42(49-43)33-18-10-7-11-19-33/h6-31H,4-5H2,1-3H3. The van der Waals surface area contributed by atoms with Gasteiger partial charge in [0.25, 0.3) is 0 Å². The molecule has 0 amide bonds. The zero-order chi connectivity index (χ0) is 34.6. The molecule has 248 valence electrons. The van der Waals surface area contributed by atoms with Crippen molar-refractivity contribution in [2.75, 3.05) is 7.11 Å². The minimum Gasteiger partial charge on any atom is -0.497 e. The van der Waals surface area contributed by atoms with Gasteiger partial charge >= 0.3 is 0 Å². The summed E-state index contributed by atoms with van der Waals surface area (Å²) in [6.07, 6.45) is 6.57. The third-order valence-corrected chi connectivity index (χ3v) is 11.3. The second-order valence-corrected chi connectivity index (χ2v) is 13.6. The highest BCUT2D eigenvalue weighted by molar-refractivity contribution is 6.08. The first kappa shape index (κ1) is 31.1. The van der Waals surface area contributed by atoms with Crippen molar-refractivity contribution in [3.05, 3.63) is 180 Å². The van der Waals surface area contributed by atoms with Gasteiger partial charge in [-0.05, 0) is 82.0 Å². The summed E-state index contributed by atoms with van der Waals surface area (Å²) >= 11 is 0. The molecule has 51 heavy (non-hydrogen) atoms. The lowest BCUT2D eigenvalue weighted by molar-refractivity contribution is 0.158. The number of hydrogen-bond acceptors (Lipinski definition) is 3. The normalized spacial score (nSPS) is 16.6. The van der Waals surface area contributed by atoms with E-state index in [1.54, 1.807) is 7.11 Å². The van der Waals surface area contributed by atoms with Gasteiger partial charge in [0, 0.05) is 27.5 Å². The van der Waals surface area contributed by atoms with Gasteiger partial charge in [-0.2, -0.15) is 0 Å². The molecule has 1 unspecified atom stereocenters. The zero-order valence-electron chi connectivity index (χ0n) is 29.2. The number of ether oxygens (including phenoxy) is 2. The number of nitrogens with zero attached hydrogens (tertiary/aromatic N) is 1. The van der Waals surface area contributed by atoms with Crippen LogP contribution in [0.25, 0.3) is 50.4 Å². The summed E-state index contributed by atoms with van der Waals surface area (Å²) in [5, 5.41) is 2.33. The van der Waals surface area contributed by atoms with Gasteiger partial charge < -0.3 is 9.47 Å². The van der Waals surface area contributed by atoms with E-state index >= 15 is 0 Å². The van der Waals surface area contributed by atoms with Crippen LogP contribution in [-0.4, -0.2) is 12.1 Å². The van der Waals surface area contributed by atoms with Gasteiger partial charge in [0.2, 0.25) is 0 Å². The highest BCUT2D eigenvalue weighted by Gasteiger charge is 2.47. The number of methoxy groups -OCH3 is 1. The van der Waals surface area contributed by atoms with Gasteiger partial charge in [-0.15, -0.1) is 0 Å². The number of rotatable bonds is 7. The Bertz CT molecular complexity index is 2390. The van der Waals surface area contributed by atoms with Crippen LogP contribution in [0.15, 0.2) is 152 Å². The van der Waals surface area contributed by atoms with Gasteiger partial charge in [-0.3, -0.25) is 0 Å². The molecule has 0 bridgehead atoms. The van der Waals surface area contributed by atoms with Crippen LogP contribution in [0.4, 0.5) is 0 Å². The SMILES string of the molecule is CCC1(CC)c2ccccc2-c2c1c1c(c3ccccc23)OC(c2ccc(OC)cc2)(c2cc(-c3ccccc3)cc(-c3ccccc3)n2)C=C1. The van der Waals surface area contributed by atoms with Gasteiger partial charge in [-0.1, -0.05) is 141 Å². The maximum absolute atomic E-state index is 7.68. The van der Waals surface area contributed by atoms with Crippen molar-refractivity contribution in [3.63, 3.8) is 0 Å². The second kappa shape index (κ2) is 12.1. The fraction of sp³-hybridized carbons (Fsp3) is 0.146. The third kappa shape index (κ3) is 4.68. The Kier molecular flexibility index (Phi) is 7.40. The Morgan fingerprint density at radius 2 is 1.29 bits per heavy atom. The van der Waals surface area contributed by atoms with Crippen LogP contribution in [0.5, 0.6) is 11.5 Å². The Hall–Kier alpha value is -5.93. The molecule has 9 rings (SSSR count).